The molecule has 4 rings (SSSR count). The minimum absolute atomic E-state index is 0.698. The summed E-state index contributed by atoms with van der Waals surface area (Å²) in [6, 6.07) is 2.16. The van der Waals surface area contributed by atoms with E-state index in [1.807, 2.05) is 36.8 Å². The van der Waals surface area contributed by atoms with Crippen LogP contribution < -0.4 is 5.32 Å². The second kappa shape index (κ2) is 12.3. The number of aromatic nitrogens is 5. The molecule has 0 aliphatic carbocycles. The van der Waals surface area contributed by atoms with Crippen LogP contribution in [0.5, 0.6) is 0 Å². The van der Waals surface area contributed by atoms with Gasteiger partial charge < -0.3 is 14.8 Å². The smallest absolute Gasteiger partial charge is 0.180 e. The average Bonchev–Trinajstić information content (AvgIpc) is 3.58. The first kappa shape index (κ1) is 23.9. The van der Waals surface area contributed by atoms with E-state index < -0.39 is 0 Å². The molecule has 0 saturated heterocycles. The number of nitrogens with one attached hydrogen (secondary N) is 2. The maximum Gasteiger partial charge on any atom is 0.180 e. The fourth-order valence-corrected chi connectivity index (χ4v) is 4.02. The highest BCUT2D eigenvalue weighted by molar-refractivity contribution is 7.14. The van der Waals surface area contributed by atoms with Crippen LogP contribution in [0.15, 0.2) is 42.4 Å². The van der Waals surface area contributed by atoms with Gasteiger partial charge in [-0.2, -0.15) is 5.10 Å². The van der Waals surface area contributed by atoms with Crippen molar-refractivity contribution >= 4 is 27.8 Å². The third kappa shape index (κ3) is 5.92. The molecule has 2 N–H and O–H groups in total. The van der Waals surface area contributed by atoms with E-state index in [1.165, 1.54) is 5.56 Å². The van der Waals surface area contributed by atoms with Crippen LogP contribution >= 0.6 is 11.3 Å². The van der Waals surface area contributed by atoms with Crippen LogP contribution in [-0.4, -0.2) is 70.0 Å². The lowest BCUT2D eigenvalue weighted by Gasteiger charge is -2.20. The Labute approximate surface area is 192 Å². The van der Waals surface area contributed by atoms with Gasteiger partial charge in [-0.1, -0.05) is 13.8 Å². The lowest BCUT2D eigenvalue weighted by molar-refractivity contribution is 0.110. The molecule has 9 nitrogen and oxygen atoms in total. The molecule has 0 aliphatic rings. The van der Waals surface area contributed by atoms with E-state index in [9.17, 15) is 0 Å². The van der Waals surface area contributed by atoms with E-state index in [-0.39, 0.29) is 0 Å². The monoisotopic (exact) mass is 457 g/mol. The Balaban J connectivity index is 0.00000141. The average molecular weight is 458 g/mol. The zero-order valence-corrected chi connectivity index (χ0v) is 19.9. The lowest BCUT2D eigenvalue weighted by Crippen LogP contribution is -2.30. The van der Waals surface area contributed by atoms with Crippen molar-refractivity contribution in [2.75, 3.05) is 45.8 Å². The van der Waals surface area contributed by atoms with Gasteiger partial charge in [-0.25, -0.2) is 9.97 Å². The third-order valence-electron chi connectivity index (χ3n) is 4.75. The molecule has 0 aromatic carbocycles. The molecule has 4 aromatic heterocycles. The van der Waals surface area contributed by atoms with Gasteiger partial charge in [0.1, 0.15) is 0 Å². The van der Waals surface area contributed by atoms with E-state index in [2.05, 4.69) is 41.8 Å². The van der Waals surface area contributed by atoms with Crippen molar-refractivity contribution in [2.24, 2.45) is 0 Å². The van der Waals surface area contributed by atoms with E-state index in [0.29, 0.717) is 13.2 Å². The van der Waals surface area contributed by atoms with Gasteiger partial charge in [0, 0.05) is 58.0 Å². The predicted molar refractivity (Wildman–Crippen MR) is 129 cm³/mol. The van der Waals surface area contributed by atoms with Crippen LogP contribution in [0.3, 0.4) is 0 Å². The lowest BCUT2D eigenvalue weighted by atomic mass is 10.3. The topological polar surface area (TPSA) is 92.6 Å². The van der Waals surface area contributed by atoms with Crippen LogP contribution in [0, 0.1) is 0 Å². The van der Waals surface area contributed by atoms with E-state index in [0.717, 1.165) is 47.4 Å². The summed E-state index contributed by atoms with van der Waals surface area (Å²) in [5, 5.41) is 13.5. The molecule has 32 heavy (non-hydrogen) atoms. The Morgan fingerprint density at radius 1 is 1.12 bits per heavy atom. The standard InChI is InChI=1S/C20H25N7O2S.C2H6/c1-28-7-5-26(6-8-29-2)13-15-9-18(30-14-15)25-19-20-22-12-17(16-10-23-24-11-16)27(20)4-3-21-19;1-2/h3-4,9-12,14H,5-8,13H2,1-2H3,(H,21,25)(H,23,24);1-2H3. The molecular formula is C22H31N7O2S. The number of hydrogen-bond acceptors (Lipinski definition) is 8. The molecule has 0 radical (unpaired) electrons. The van der Waals surface area contributed by atoms with Crippen LogP contribution in [0.1, 0.15) is 19.4 Å². The number of ether oxygens (including phenoxy) is 2. The van der Waals surface area contributed by atoms with Gasteiger partial charge in [0.2, 0.25) is 0 Å². The van der Waals surface area contributed by atoms with Gasteiger partial charge in [0.25, 0.3) is 0 Å². The first-order valence-corrected chi connectivity index (χ1v) is 11.5. The van der Waals surface area contributed by atoms with Gasteiger partial charge in [0.15, 0.2) is 11.5 Å². The Bertz CT molecular complexity index is 1050. The first-order valence-electron chi connectivity index (χ1n) is 10.6. The highest BCUT2D eigenvalue weighted by Crippen LogP contribution is 2.28. The number of fused-ring (bicyclic) bond motifs is 1. The largest absolute Gasteiger partial charge is 0.383 e. The zero-order valence-electron chi connectivity index (χ0n) is 19.0. The molecule has 0 unspecified atom stereocenters. The number of H-pyrrole nitrogens is 1. The summed E-state index contributed by atoms with van der Waals surface area (Å²) in [5.74, 6) is 0.719. The van der Waals surface area contributed by atoms with E-state index in [1.54, 1.807) is 38.0 Å². The zero-order chi connectivity index (χ0) is 22.8. The summed E-state index contributed by atoms with van der Waals surface area (Å²) in [6.07, 6.45) is 9.13. The number of thiophene rings is 1. The summed E-state index contributed by atoms with van der Waals surface area (Å²) in [4.78, 5) is 11.4. The van der Waals surface area contributed by atoms with E-state index >= 15 is 0 Å². The van der Waals surface area contributed by atoms with Gasteiger partial charge >= 0.3 is 0 Å². The molecule has 0 amide bonds. The van der Waals surface area contributed by atoms with Gasteiger partial charge in [0.05, 0.1) is 36.3 Å². The molecule has 172 valence electrons. The van der Waals surface area contributed by atoms with Crippen molar-refractivity contribution in [3.63, 3.8) is 0 Å². The summed E-state index contributed by atoms with van der Waals surface area (Å²) in [6.45, 7) is 7.97. The van der Waals surface area contributed by atoms with Crippen LogP contribution in [-0.2, 0) is 16.0 Å². The maximum atomic E-state index is 5.23. The Hall–Kier alpha value is -2.79. The fourth-order valence-electron chi connectivity index (χ4n) is 3.22. The van der Waals surface area contributed by atoms with Crippen molar-refractivity contribution in [3.05, 3.63) is 48.0 Å². The number of anilines is 2. The van der Waals surface area contributed by atoms with Crippen molar-refractivity contribution in [1.29, 1.82) is 0 Å². The Kier molecular flexibility index (Phi) is 9.17. The second-order valence-corrected chi connectivity index (χ2v) is 7.72. The maximum absolute atomic E-state index is 5.23. The van der Waals surface area contributed by atoms with Crippen molar-refractivity contribution in [2.45, 2.75) is 20.4 Å². The first-order chi connectivity index (χ1) is 15.8. The molecule has 0 fully saturated rings. The summed E-state index contributed by atoms with van der Waals surface area (Å²) < 4.78 is 12.5. The van der Waals surface area contributed by atoms with Crippen molar-refractivity contribution in [1.82, 2.24) is 29.5 Å². The number of hydrogen-bond donors (Lipinski definition) is 2. The SMILES string of the molecule is CC.COCCN(CCOC)Cc1csc(Nc2nccn3c(-c4cn[nH]c4)cnc23)c1. The predicted octanol–water partition coefficient (Wildman–Crippen LogP) is 4.05. The molecule has 10 heteroatoms. The molecule has 4 aromatic rings. The van der Waals surface area contributed by atoms with Crippen LogP contribution in [0.4, 0.5) is 10.8 Å². The molecule has 0 saturated carbocycles. The Morgan fingerprint density at radius 3 is 2.59 bits per heavy atom. The van der Waals surface area contributed by atoms with Gasteiger partial charge in [-0.05, 0) is 17.0 Å². The molecular weight excluding hydrogens is 426 g/mol. The van der Waals surface area contributed by atoms with Crippen LogP contribution in [0.2, 0.25) is 0 Å². The highest BCUT2D eigenvalue weighted by atomic mass is 32.1. The van der Waals surface area contributed by atoms with Gasteiger partial charge in [-0.3, -0.25) is 14.4 Å². The van der Waals surface area contributed by atoms with Crippen molar-refractivity contribution in [3.8, 4) is 11.3 Å². The summed E-state index contributed by atoms with van der Waals surface area (Å²) >= 11 is 1.65. The molecule has 0 bridgehead atoms. The number of rotatable bonds is 11. The Morgan fingerprint density at radius 2 is 1.91 bits per heavy atom. The summed E-state index contributed by atoms with van der Waals surface area (Å²) in [7, 11) is 3.45. The second-order valence-electron chi connectivity index (χ2n) is 6.81. The number of methoxy groups -OCH3 is 2. The molecule has 0 spiro atoms. The summed E-state index contributed by atoms with van der Waals surface area (Å²) in [5.41, 5.74) is 3.95. The quantitative estimate of drug-likeness (QED) is 0.351. The minimum Gasteiger partial charge on any atom is -0.383 e. The fraction of sp³-hybridized carbons (Fsp3) is 0.409. The van der Waals surface area contributed by atoms with Crippen LogP contribution in [0.25, 0.3) is 16.9 Å². The highest BCUT2D eigenvalue weighted by Gasteiger charge is 2.13. The normalized spacial score (nSPS) is 11.0. The minimum atomic E-state index is 0.698. The van der Waals surface area contributed by atoms with E-state index in [4.69, 9.17) is 9.47 Å². The number of imidazole rings is 1. The number of nitrogens with zero attached hydrogens (tertiary/aromatic N) is 5. The van der Waals surface area contributed by atoms with Gasteiger partial charge in [-0.15, -0.1) is 11.3 Å². The number of aromatic amines is 1. The third-order valence-corrected chi connectivity index (χ3v) is 5.64. The molecule has 0 aliphatic heterocycles. The van der Waals surface area contributed by atoms with Crippen molar-refractivity contribution < 1.29 is 9.47 Å². The molecule has 0 atom stereocenters. The molecule has 4 heterocycles.